The lowest BCUT2D eigenvalue weighted by atomic mass is 10.1. The van der Waals surface area contributed by atoms with E-state index in [2.05, 4.69) is 0 Å². The zero-order valence-corrected chi connectivity index (χ0v) is 13.2. The summed E-state index contributed by atoms with van der Waals surface area (Å²) in [7, 11) is 1.64. The summed E-state index contributed by atoms with van der Waals surface area (Å²) in [5.74, 6) is 0.794. The highest BCUT2D eigenvalue weighted by molar-refractivity contribution is 5.76. The van der Waals surface area contributed by atoms with Gasteiger partial charge in [0, 0.05) is 13.1 Å². The molecule has 3 heteroatoms. The minimum absolute atomic E-state index is 0.00232. The molecular weight excluding hydrogens is 274 g/mol. The van der Waals surface area contributed by atoms with Gasteiger partial charge in [0.2, 0.25) is 5.91 Å². The number of hydrogen-bond donors (Lipinski definition) is 0. The van der Waals surface area contributed by atoms with Crippen molar-refractivity contribution in [3.05, 3.63) is 71.9 Å². The first-order chi connectivity index (χ1) is 10.6. The predicted molar refractivity (Wildman–Crippen MR) is 89.4 cm³/mol. The highest BCUT2D eigenvalue weighted by Gasteiger charge is 2.16. The molecule has 0 fully saturated rings. The van der Waals surface area contributed by atoms with Crippen LogP contribution in [0.25, 0.3) is 6.08 Å². The topological polar surface area (TPSA) is 29.5 Å². The first-order valence-electron chi connectivity index (χ1n) is 7.28. The maximum Gasteiger partial charge on any atom is 0.223 e. The predicted octanol–water partition coefficient (Wildman–Crippen LogP) is 4.28. The van der Waals surface area contributed by atoms with Crippen molar-refractivity contribution in [2.24, 2.45) is 0 Å². The zero-order valence-electron chi connectivity index (χ0n) is 13.2. The van der Waals surface area contributed by atoms with Crippen LogP contribution in [-0.2, 0) is 4.79 Å². The Hall–Kier alpha value is -2.55. The second-order valence-corrected chi connectivity index (χ2v) is 5.11. The molecule has 0 aromatic heterocycles. The van der Waals surface area contributed by atoms with E-state index in [0.29, 0.717) is 0 Å². The number of carbonyl (C=O) groups is 1. The van der Waals surface area contributed by atoms with Crippen molar-refractivity contribution >= 4 is 12.0 Å². The number of carbonyl (C=O) groups excluding carboxylic acids is 1. The van der Waals surface area contributed by atoms with Crippen molar-refractivity contribution in [3.8, 4) is 5.75 Å². The van der Waals surface area contributed by atoms with Crippen LogP contribution in [0.2, 0.25) is 0 Å². The smallest absolute Gasteiger partial charge is 0.223 e. The molecule has 0 radical (unpaired) electrons. The second kappa shape index (κ2) is 7.46. The third kappa shape index (κ3) is 3.98. The van der Waals surface area contributed by atoms with E-state index in [9.17, 15) is 4.79 Å². The molecule has 0 heterocycles. The van der Waals surface area contributed by atoms with E-state index in [1.807, 2.05) is 73.8 Å². The van der Waals surface area contributed by atoms with Crippen LogP contribution in [0.5, 0.6) is 5.75 Å². The van der Waals surface area contributed by atoms with Crippen molar-refractivity contribution in [1.82, 2.24) is 4.90 Å². The van der Waals surface area contributed by atoms with Gasteiger partial charge in [-0.2, -0.15) is 0 Å². The minimum atomic E-state index is -0.0624. The summed E-state index contributed by atoms with van der Waals surface area (Å²) < 4.78 is 5.25. The van der Waals surface area contributed by atoms with E-state index in [1.165, 1.54) is 0 Å². The fourth-order valence-electron chi connectivity index (χ4n) is 2.30. The monoisotopic (exact) mass is 295 g/mol. The van der Waals surface area contributed by atoms with Crippen molar-refractivity contribution < 1.29 is 9.53 Å². The zero-order chi connectivity index (χ0) is 15.9. The molecule has 0 N–H and O–H groups in total. The molecule has 1 unspecified atom stereocenters. The number of ether oxygens (including phenoxy) is 1. The molecule has 1 amide bonds. The Morgan fingerprint density at radius 3 is 2.50 bits per heavy atom. The van der Waals surface area contributed by atoms with Crippen LogP contribution in [0.1, 0.15) is 31.0 Å². The normalized spacial score (nSPS) is 12.1. The molecule has 0 aliphatic rings. The van der Waals surface area contributed by atoms with Crippen molar-refractivity contribution in [2.45, 2.75) is 19.9 Å². The largest absolute Gasteiger partial charge is 0.497 e. The third-order valence-corrected chi connectivity index (χ3v) is 3.58. The lowest BCUT2D eigenvalue weighted by Gasteiger charge is -2.25. The lowest BCUT2D eigenvalue weighted by molar-refractivity contribution is -0.127. The van der Waals surface area contributed by atoms with E-state index in [0.717, 1.165) is 16.9 Å². The molecule has 0 aliphatic carbocycles. The van der Waals surface area contributed by atoms with Gasteiger partial charge in [0.15, 0.2) is 0 Å². The molecule has 0 saturated heterocycles. The molecule has 0 saturated carbocycles. The average Bonchev–Trinajstić information content (AvgIpc) is 2.55. The van der Waals surface area contributed by atoms with Crippen LogP contribution in [0.15, 0.2) is 60.8 Å². The Kier molecular flexibility index (Phi) is 5.37. The number of nitrogens with zero attached hydrogens (tertiary/aromatic N) is 1. The standard InChI is InChI=1S/C19H21NO2/c1-15(18-10-7-11-19(14-18)22-3)20(16(2)21)13-12-17-8-5-4-6-9-17/h4-15H,1-3H3. The Morgan fingerprint density at radius 2 is 1.86 bits per heavy atom. The van der Waals surface area contributed by atoms with Crippen LogP contribution in [-0.4, -0.2) is 17.9 Å². The van der Waals surface area contributed by atoms with Gasteiger partial charge in [0.25, 0.3) is 0 Å². The third-order valence-electron chi connectivity index (χ3n) is 3.58. The Balaban J connectivity index is 2.23. The summed E-state index contributed by atoms with van der Waals surface area (Å²) in [6, 6.07) is 17.7. The summed E-state index contributed by atoms with van der Waals surface area (Å²) in [6.45, 7) is 3.58. The molecule has 2 rings (SSSR count). The van der Waals surface area contributed by atoms with E-state index in [-0.39, 0.29) is 11.9 Å². The number of methoxy groups -OCH3 is 1. The van der Waals surface area contributed by atoms with Crippen LogP contribution < -0.4 is 4.74 Å². The van der Waals surface area contributed by atoms with Crippen LogP contribution >= 0.6 is 0 Å². The first-order valence-corrected chi connectivity index (χ1v) is 7.28. The molecule has 22 heavy (non-hydrogen) atoms. The van der Waals surface area contributed by atoms with Gasteiger partial charge >= 0.3 is 0 Å². The minimum Gasteiger partial charge on any atom is -0.497 e. The number of hydrogen-bond acceptors (Lipinski definition) is 2. The maximum absolute atomic E-state index is 12.0. The highest BCUT2D eigenvalue weighted by atomic mass is 16.5. The van der Waals surface area contributed by atoms with Crippen molar-refractivity contribution in [1.29, 1.82) is 0 Å². The van der Waals surface area contributed by atoms with Gasteiger partial charge in [-0.25, -0.2) is 0 Å². The fraction of sp³-hybridized carbons (Fsp3) is 0.211. The highest BCUT2D eigenvalue weighted by Crippen LogP contribution is 2.24. The van der Waals surface area contributed by atoms with Gasteiger partial charge in [-0.05, 0) is 36.3 Å². The van der Waals surface area contributed by atoms with Gasteiger partial charge in [-0.15, -0.1) is 0 Å². The molecule has 3 nitrogen and oxygen atoms in total. The molecule has 1 atom stereocenters. The van der Waals surface area contributed by atoms with E-state index in [1.54, 1.807) is 18.9 Å². The van der Waals surface area contributed by atoms with Crippen LogP contribution in [0, 0.1) is 0 Å². The van der Waals surface area contributed by atoms with Gasteiger partial charge in [-0.1, -0.05) is 42.5 Å². The first kappa shape index (κ1) is 15.8. The summed E-state index contributed by atoms with van der Waals surface area (Å²) in [4.78, 5) is 13.7. The second-order valence-electron chi connectivity index (χ2n) is 5.11. The molecule has 0 spiro atoms. The van der Waals surface area contributed by atoms with Crippen LogP contribution in [0.3, 0.4) is 0 Å². The summed E-state index contributed by atoms with van der Waals surface area (Å²) in [6.07, 6.45) is 3.78. The maximum atomic E-state index is 12.0. The Morgan fingerprint density at radius 1 is 1.14 bits per heavy atom. The molecule has 114 valence electrons. The van der Waals surface area contributed by atoms with E-state index in [4.69, 9.17) is 4.74 Å². The van der Waals surface area contributed by atoms with Gasteiger partial charge in [0.05, 0.1) is 13.2 Å². The summed E-state index contributed by atoms with van der Waals surface area (Å²) in [5, 5.41) is 0. The number of amides is 1. The summed E-state index contributed by atoms with van der Waals surface area (Å²) in [5.41, 5.74) is 2.10. The van der Waals surface area contributed by atoms with E-state index >= 15 is 0 Å². The molecule has 2 aromatic rings. The van der Waals surface area contributed by atoms with Crippen LogP contribution in [0.4, 0.5) is 0 Å². The van der Waals surface area contributed by atoms with Gasteiger partial charge in [-0.3, -0.25) is 4.79 Å². The van der Waals surface area contributed by atoms with Crippen molar-refractivity contribution in [3.63, 3.8) is 0 Å². The Bertz CT molecular complexity index is 649. The SMILES string of the molecule is COc1cccc(C(C)N(C=Cc2ccccc2)C(C)=O)c1. The van der Waals surface area contributed by atoms with Crippen molar-refractivity contribution in [2.75, 3.05) is 7.11 Å². The molecule has 0 bridgehead atoms. The number of rotatable bonds is 5. The average molecular weight is 295 g/mol. The Labute approximate surface area is 131 Å². The quantitative estimate of drug-likeness (QED) is 0.824. The molecular formula is C19H21NO2. The number of benzene rings is 2. The molecule has 2 aromatic carbocycles. The van der Waals surface area contributed by atoms with Gasteiger partial charge < -0.3 is 9.64 Å². The molecule has 0 aliphatic heterocycles. The lowest BCUT2D eigenvalue weighted by Crippen LogP contribution is -2.26. The fourth-order valence-corrected chi connectivity index (χ4v) is 2.30. The summed E-state index contributed by atoms with van der Waals surface area (Å²) >= 11 is 0. The van der Waals surface area contributed by atoms with Gasteiger partial charge in [0.1, 0.15) is 5.75 Å². The van der Waals surface area contributed by atoms with E-state index < -0.39 is 0 Å².